The van der Waals surface area contributed by atoms with Gasteiger partial charge in [-0.1, -0.05) is 13.8 Å². The van der Waals surface area contributed by atoms with Crippen LogP contribution in [0.2, 0.25) is 0 Å². The Morgan fingerprint density at radius 1 is 1.69 bits per heavy atom. The third-order valence-electron chi connectivity index (χ3n) is 2.57. The molecule has 1 atom stereocenters. The lowest BCUT2D eigenvalue weighted by molar-refractivity contribution is -0.141. The van der Waals surface area contributed by atoms with Gasteiger partial charge in [0.25, 0.3) is 0 Å². The highest BCUT2D eigenvalue weighted by Gasteiger charge is 2.16. The van der Waals surface area contributed by atoms with Crippen molar-refractivity contribution in [2.24, 2.45) is 13.0 Å². The topological polar surface area (TPSA) is 71.2 Å². The molecule has 16 heavy (non-hydrogen) atoms. The van der Waals surface area contributed by atoms with E-state index in [1.807, 2.05) is 23.4 Å². The van der Waals surface area contributed by atoms with Gasteiger partial charge in [-0.2, -0.15) is 0 Å². The molecular formula is C10H18N4O2. The first-order valence-corrected chi connectivity index (χ1v) is 5.32. The summed E-state index contributed by atoms with van der Waals surface area (Å²) in [6, 6.07) is 0. The van der Waals surface area contributed by atoms with E-state index in [4.69, 9.17) is 5.11 Å². The second kappa shape index (κ2) is 5.60. The number of carboxylic acids is 1. The molecule has 0 aliphatic heterocycles. The standard InChI is InChI=1S/C10H18N4O2/c1-4-14(5-8(2)10(15)16)6-9-12-11-7-13(9)3/h7-8H,4-6H2,1-3H3,(H,15,16). The SMILES string of the molecule is CCN(Cc1nncn1C)CC(C)C(=O)O. The van der Waals surface area contributed by atoms with Gasteiger partial charge in [0.05, 0.1) is 12.5 Å². The van der Waals surface area contributed by atoms with E-state index in [1.54, 1.807) is 13.3 Å². The van der Waals surface area contributed by atoms with Gasteiger partial charge >= 0.3 is 5.97 Å². The monoisotopic (exact) mass is 226 g/mol. The van der Waals surface area contributed by atoms with E-state index in [0.29, 0.717) is 13.1 Å². The number of hydrogen-bond acceptors (Lipinski definition) is 4. The van der Waals surface area contributed by atoms with Gasteiger partial charge in [0, 0.05) is 13.6 Å². The van der Waals surface area contributed by atoms with E-state index in [9.17, 15) is 4.79 Å². The molecule has 0 bridgehead atoms. The quantitative estimate of drug-likeness (QED) is 0.758. The molecule has 6 heteroatoms. The maximum Gasteiger partial charge on any atom is 0.307 e. The van der Waals surface area contributed by atoms with Gasteiger partial charge in [0.1, 0.15) is 12.2 Å². The lowest BCUT2D eigenvalue weighted by atomic mass is 10.1. The second-order valence-electron chi connectivity index (χ2n) is 3.93. The molecule has 1 N–H and O–H groups in total. The van der Waals surface area contributed by atoms with Gasteiger partial charge in [0.2, 0.25) is 0 Å². The Bertz CT molecular complexity index is 350. The van der Waals surface area contributed by atoms with Crippen LogP contribution >= 0.6 is 0 Å². The summed E-state index contributed by atoms with van der Waals surface area (Å²) in [5, 5.41) is 16.6. The van der Waals surface area contributed by atoms with Crippen LogP contribution in [0.3, 0.4) is 0 Å². The number of aliphatic carboxylic acids is 1. The van der Waals surface area contributed by atoms with Crippen molar-refractivity contribution >= 4 is 5.97 Å². The largest absolute Gasteiger partial charge is 0.481 e. The lowest BCUT2D eigenvalue weighted by Crippen LogP contribution is -2.32. The molecule has 1 aromatic rings. The predicted molar refractivity (Wildman–Crippen MR) is 58.8 cm³/mol. The zero-order chi connectivity index (χ0) is 12.1. The Balaban J connectivity index is 2.56. The molecule has 0 saturated heterocycles. The molecule has 1 aromatic heterocycles. The fraction of sp³-hybridized carbons (Fsp3) is 0.700. The van der Waals surface area contributed by atoms with E-state index in [2.05, 4.69) is 10.2 Å². The van der Waals surface area contributed by atoms with E-state index >= 15 is 0 Å². The van der Waals surface area contributed by atoms with Crippen molar-refractivity contribution in [1.82, 2.24) is 19.7 Å². The number of rotatable bonds is 6. The van der Waals surface area contributed by atoms with E-state index in [0.717, 1.165) is 12.4 Å². The summed E-state index contributed by atoms with van der Waals surface area (Å²) in [4.78, 5) is 12.8. The summed E-state index contributed by atoms with van der Waals surface area (Å²) in [5.41, 5.74) is 0. The number of aryl methyl sites for hydroxylation is 1. The first kappa shape index (κ1) is 12.6. The van der Waals surface area contributed by atoms with Crippen molar-refractivity contribution in [2.75, 3.05) is 13.1 Å². The molecule has 0 fully saturated rings. The van der Waals surface area contributed by atoms with E-state index in [-0.39, 0.29) is 5.92 Å². The van der Waals surface area contributed by atoms with E-state index < -0.39 is 5.97 Å². The molecule has 0 amide bonds. The molecule has 0 aromatic carbocycles. The zero-order valence-electron chi connectivity index (χ0n) is 9.92. The minimum absolute atomic E-state index is 0.367. The first-order valence-electron chi connectivity index (χ1n) is 5.32. The summed E-state index contributed by atoms with van der Waals surface area (Å²) in [7, 11) is 1.88. The molecule has 0 aliphatic carbocycles. The van der Waals surface area contributed by atoms with Gasteiger partial charge in [-0.3, -0.25) is 9.69 Å². The lowest BCUT2D eigenvalue weighted by Gasteiger charge is -2.21. The van der Waals surface area contributed by atoms with Crippen LogP contribution in [0.25, 0.3) is 0 Å². The van der Waals surface area contributed by atoms with Crippen LogP contribution in [0.15, 0.2) is 6.33 Å². The van der Waals surface area contributed by atoms with Crippen LogP contribution in [-0.4, -0.2) is 43.8 Å². The van der Waals surface area contributed by atoms with Gasteiger partial charge in [0.15, 0.2) is 0 Å². The van der Waals surface area contributed by atoms with E-state index in [1.165, 1.54) is 0 Å². The summed E-state index contributed by atoms with van der Waals surface area (Å²) in [6.07, 6.45) is 1.64. The summed E-state index contributed by atoms with van der Waals surface area (Å²) in [6.45, 7) is 5.67. The first-order chi connectivity index (χ1) is 7.54. The van der Waals surface area contributed by atoms with Crippen molar-refractivity contribution in [2.45, 2.75) is 20.4 Å². The van der Waals surface area contributed by atoms with Crippen LogP contribution in [0.4, 0.5) is 0 Å². The fourth-order valence-corrected chi connectivity index (χ4v) is 1.42. The molecule has 1 rings (SSSR count). The number of carbonyl (C=O) groups is 1. The second-order valence-corrected chi connectivity index (χ2v) is 3.93. The van der Waals surface area contributed by atoms with Crippen molar-refractivity contribution in [3.8, 4) is 0 Å². The van der Waals surface area contributed by atoms with Crippen molar-refractivity contribution < 1.29 is 9.90 Å². The van der Waals surface area contributed by atoms with Crippen LogP contribution in [0, 0.1) is 5.92 Å². The minimum atomic E-state index is -0.767. The van der Waals surface area contributed by atoms with Crippen molar-refractivity contribution in [3.63, 3.8) is 0 Å². The maximum atomic E-state index is 10.8. The summed E-state index contributed by atoms with van der Waals surface area (Å²) in [5.74, 6) is -0.288. The average Bonchev–Trinajstić information content (AvgIpc) is 2.63. The Morgan fingerprint density at radius 2 is 2.38 bits per heavy atom. The zero-order valence-corrected chi connectivity index (χ0v) is 9.92. The maximum absolute atomic E-state index is 10.8. The van der Waals surface area contributed by atoms with Crippen LogP contribution in [0.5, 0.6) is 0 Å². The molecule has 1 unspecified atom stereocenters. The Kier molecular flexibility index (Phi) is 4.42. The van der Waals surface area contributed by atoms with Gasteiger partial charge in [-0.05, 0) is 6.54 Å². The Labute approximate surface area is 94.9 Å². The Hall–Kier alpha value is -1.43. The summed E-state index contributed by atoms with van der Waals surface area (Å²) < 4.78 is 1.84. The molecule has 90 valence electrons. The highest BCUT2D eigenvalue weighted by atomic mass is 16.4. The van der Waals surface area contributed by atoms with Gasteiger partial charge < -0.3 is 9.67 Å². The molecule has 0 radical (unpaired) electrons. The third-order valence-corrected chi connectivity index (χ3v) is 2.57. The van der Waals surface area contributed by atoms with Crippen molar-refractivity contribution in [3.05, 3.63) is 12.2 Å². The third kappa shape index (κ3) is 3.30. The molecular weight excluding hydrogens is 208 g/mol. The Morgan fingerprint density at radius 3 is 2.81 bits per heavy atom. The smallest absolute Gasteiger partial charge is 0.307 e. The average molecular weight is 226 g/mol. The fourth-order valence-electron chi connectivity index (χ4n) is 1.42. The molecule has 0 aliphatic rings. The van der Waals surface area contributed by atoms with Crippen molar-refractivity contribution in [1.29, 1.82) is 0 Å². The van der Waals surface area contributed by atoms with Crippen LogP contribution in [0.1, 0.15) is 19.7 Å². The number of aromatic nitrogens is 3. The normalized spacial score (nSPS) is 13.0. The highest BCUT2D eigenvalue weighted by molar-refractivity contribution is 5.69. The summed E-state index contributed by atoms with van der Waals surface area (Å²) >= 11 is 0. The predicted octanol–water partition coefficient (Wildman–Crippen LogP) is 0.358. The number of nitrogens with zero attached hydrogens (tertiary/aromatic N) is 4. The minimum Gasteiger partial charge on any atom is -0.481 e. The van der Waals surface area contributed by atoms with Crippen LogP contribution in [-0.2, 0) is 18.4 Å². The van der Waals surface area contributed by atoms with Gasteiger partial charge in [-0.25, -0.2) is 0 Å². The molecule has 0 spiro atoms. The van der Waals surface area contributed by atoms with Gasteiger partial charge in [-0.15, -0.1) is 10.2 Å². The number of hydrogen-bond donors (Lipinski definition) is 1. The molecule has 0 saturated carbocycles. The highest BCUT2D eigenvalue weighted by Crippen LogP contribution is 2.04. The molecule has 1 heterocycles. The number of carboxylic acid groups (broad SMARTS) is 1. The molecule has 6 nitrogen and oxygen atoms in total. The van der Waals surface area contributed by atoms with Crippen LogP contribution < -0.4 is 0 Å².